The summed E-state index contributed by atoms with van der Waals surface area (Å²) in [7, 11) is 0. The molecule has 2 rings (SSSR count). The molecule has 0 amide bonds. The minimum atomic E-state index is 0.678. The van der Waals surface area contributed by atoms with Gasteiger partial charge in [0, 0.05) is 16.1 Å². The Labute approximate surface area is 98.0 Å². The van der Waals surface area contributed by atoms with Crippen LogP contribution in [0.25, 0.3) is 10.9 Å². The highest BCUT2D eigenvalue weighted by Crippen LogP contribution is 2.25. The van der Waals surface area contributed by atoms with Crippen LogP contribution in [0.1, 0.15) is 25.0 Å². The van der Waals surface area contributed by atoms with Crippen LogP contribution in [0, 0.1) is 18.3 Å². The summed E-state index contributed by atoms with van der Waals surface area (Å²) >= 11 is 3.38. The summed E-state index contributed by atoms with van der Waals surface area (Å²) < 4.78 is 0.944. The monoisotopic (exact) mass is 264 g/mol. The van der Waals surface area contributed by atoms with Gasteiger partial charge >= 0.3 is 0 Å². The van der Waals surface area contributed by atoms with Crippen LogP contribution in [0.3, 0.4) is 0 Å². The quantitative estimate of drug-likeness (QED) is 0.764. The van der Waals surface area contributed by atoms with E-state index in [2.05, 4.69) is 27.0 Å². The summed E-state index contributed by atoms with van der Waals surface area (Å²) in [6, 6.07) is 6.00. The molecule has 78 valence electrons. The van der Waals surface area contributed by atoms with Crippen molar-refractivity contribution in [2.75, 3.05) is 0 Å². The molecule has 0 spiro atoms. The SMILES string of the molecule is CC.Cc1c[nH]c2c(C#N)cc(Br)cc12. The van der Waals surface area contributed by atoms with E-state index in [1.54, 1.807) is 0 Å². The molecule has 0 unspecified atom stereocenters. The maximum Gasteiger partial charge on any atom is 0.101 e. The molecule has 1 heterocycles. The lowest BCUT2D eigenvalue weighted by Crippen LogP contribution is -1.78. The fourth-order valence-electron chi connectivity index (χ4n) is 1.42. The smallest absolute Gasteiger partial charge is 0.101 e. The van der Waals surface area contributed by atoms with Crippen molar-refractivity contribution in [1.29, 1.82) is 5.26 Å². The molecule has 1 N–H and O–H groups in total. The molecule has 0 saturated carbocycles. The van der Waals surface area contributed by atoms with E-state index in [4.69, 9.17) is 5.26 Å². The predicted molar refractivity (Wildman–Crippen MR) is 66.8 cm³/mol. The molecule has 2 aromatic rings. The summed E-state index contributed by atoms with van der Waals surface area (Å²) in [6.45, 7) is 6.02. The molecular formula is C12H13BrN2. The van der Waals surface area contributed by atoms with Crippen LogP contribution >= 0.6 is 15.9 Å². The number of aryl methyl sites for hydroxylation is 1. The van der Waals surface area contributed by atoms with Crippen molar-refractivity contribution in [3.63, 3.8) is 0 Å². The standard InChI is InChI=1S/C10H7BrN2.C2H6/c1-6-5-13-10-7(4-12)2-8(11)3-9(6)10;1-2/h2-3,5,13H,1H3;1-2H3. The van der Waals surface area contributed by atoms with Gasteiger partial charge in [-0.2, -0.15) is 5.26 Å². The molecule has 0 atom stereocenters. The lowest BCUT2D eigenvalue weighted by molar-refractivity contribution is 1.41. The minimum Gasteiger partial charge on any atom is -0.360 e. The topological polar surface area (TPSA) is 39.6 Å². The van der Waals surface area contributed by atoms with Gasteiger partial charge in [0.25, 0.3) is 0 Å². The van der Waals surface area contributed by atoms with Crippen molar-refractivity contribution in [3.8, 4) is 6.07 Å². The Kier molecular flexibility index (Phi) is 3.93. The van der Waals surface area contributed by atoms with Crippen molar-refractivity contribution >= 4 is 26.8 Å². The van der Waals surface area contributed by atoms with E-state index in [9.17, 15) is 0 Å². The number of hydrogen-bond donors (Lipinski definition) is 1. The van der Waals surface area contributed by atoms with Crippen LogP contribution in [0.2, 0.25) is 0 Å². The van der Waals surface area contributed by atoms with Gasteiger partial charge in [-0.3, -0.25) is 0 Å². The minimum absolute atomic E-state index is 0.678. The molecule has 0 aliphatic heterocycles. The predicted octanol–water partition coefficient (Wildman–Crippen LogP) is 4.14. The highest BCUT2D eigenvalue weighted by atomic mass is 79.9. The van der Waals surface area contributed by atoms with E-state index in [-0.39, 0.29) is 0 Å². The zero-order valence-electron chi connectivity index (χ0n) is 9.06. The van der Waals surface area contributed by atoms with E-state index < -0.39 is 0 Å². The van der Waals surface area contributed by atoms with E-state index in [0.29, 0.717) is 5.56 Å². The molecule has 0 fully saturated rings. The van der Waals surface area contributed by atoms with Crippen molar-refractivity contribution in [2.24, 2.45) is 0 Å². The third-order valence-electron chi connectivity index (χ3n) is 2.08. The molecule has 1 aromatic carbocycles. The average molecular weight is 265 g/mol. The van der Waals surface area contributed by atoms with Gasteiger partial charge in [-0.25, -0.2) is 0 Å². The third kappa shape index (κ3) is 2.21. The van der Waals surface area contributed by atoms with Gasteiger partial charge < -0.3 is 4.98 Å². The second-order valence-electron chi connectivity index (χ2n) is 2.96. The van der Waals surface area contributed by atoms with Gasteiger partial charge in [0.05, 0.1) is 11.1 Å². The number of halogens is 1. The van der Waals surface area contributed by atoms with E-state index in [0.717, 1.165) is 20.9 Å². The van der Waals surface area contributed by atoms with Crippen molar-refractivity contribution in [3.05, 3.63) is 33.9 Å². The number of benzene rings is 1. The van der Waals surface area contributed by atoms with Crippen LogP contribution in [0.4, 0.5) is 0 Å². The molecule has 0 saturated heterocycles. The second-order valence-corrected chi connectivity index (χ2v) is 3.88. The summed E-state index contributed by atoms with van der Waals surface area (Å²) in [5, 5.41) is 9.98. The molecule has 0 aliphatic rings. The van der Waals surface area contributed by atoms with Gasteiger partial charge in [-0.05, 0) is 24.6 Å². The summed E-state index contributed by atoms with van der Waals surface area (Å²) in [5.74, 6) is 0. The molecule has 15 heavy (non-hydrogen) atoms. The highest BCUT2D eigenvalue weighted by Gasteiger charge is 2.05. The maximum atomic E-state index is 8.88. The number of hydrogen-bond acceptors (Lipinski definition) is 1. The van der Waals surface area contributed by atoms with Crippen LogP contribution in [-0.2, 0) is 0 Å². The number of rotatable bonds is 0. The number of nitrogens with one attached hydrogen (secondary N) is 1. The third-order valence-corrected chi connectivity index (χ3v) is 2.54. The molecule has 1 aromatic heterocycles. The molecule has 0 radical (unpaired) electrons. The van der Waals surface area contributed by atoms with Crippen molar-refractivity contribution < 1.29 is 0 Å². The Bertz CT molecular complexity index is 506. The Balaban J connectivity index is 0.000000531. The van der Waals surface area contributed by atoms with Gasteiger partial charge in [0.2, 0.25) is 0 Å². The lowest BCUT2D eigenvalue weighted by Gasteiger charge is -1.96. The first kappa shape index (κ1) is 11.8. The van der Waals surface area contributed by atoms with E-state index in [1.165, 1.54) is 0 Å². The zero-order valence-corrected chi connectivity index (χ0v) is 10.6. The first-order chi connectivity index (χ1) is 7.22. The van der Waals surface area contributed by atoms with Gasteiger partial charge in [0.1, 0.15) is 6.07 Å². The fraction of sp³-hybridized carbons (Fsp3) is 0.250. The first-order valence-electron chi connectivity index (χ1n) is 4.89. The molecule has 2 nitrogen and oxygen atoms in total. The Hall–Kier alpha value is -1.27. The Morgan fingerprint density at radius 3 is 2.60 bits per heavy atom. The van der Waals surface area contributed by atoms with Crippen LogP contribution in [0.5, 0.6) is 0 Å². The van der Waals surface area contributed by atoms with Crippen LogP contribution < -0.4 is 0 Å². The van der Waals surface area contributed by atoms with E-state index in [1.807, 2.05) is 39.1 Å². The summed E-state index contributed by atoms with van der Waals surface area (Å²) in [6.07, 6.45) is 1.91. The van der Waals surface area contributed by atoms with E-state index >= 15 is 0 Å². The number of aromatic amines is 1. The number of nitrogens with zero attached hydrogens (tertiary/aromatic N) is 1. The highest BCUT2D eigenvalue weighted by molar-refractivity contribution is 9.10. The van der Waals surface area contributed by atoms with Gasteiger partial charge in [-0.1, -0.05) is 29.8 Å². The molecule has 0 aliphatic carbocycles. The first-order valence-corrected chi connectivity index (χ1v) is 5.69. The molecule has 0 bridgehead atoms. The average Bonchev–Trinajstić information content (AvgIpc) is 2.62. The number of H-pyrrole nitrogens is 1. The van der Waals surface area contributed by atoms with Crippen molar-refractivity contribution in [2.45, 2.75) is 20.8 Å². The Morgan fingerprint density at radius 1 is 1.33 bits per heavy atom. The summed E-state index contributed by atoms with van der Waals surface area (Å²) in [4.78, 5) is 3.09. The number of nitriles is 1. The van der Waals surface area contributed by atoms with Gasteiger partial charge in [-0.15, -0.1) is 0 Å². The van der Waals surface area contributed by atoms with Crippen LogP contribution in [-0.4, -0.2) is 4.98 Å². The number of fused-ring (bicyclic) bond motifs is 1. The van der Waals surface area contributed by atoms with Crippen LogP contribution in [0.15, 0.2) is 22.8 Å². The molecule has 3 heteroatoms. The lowest BCUT2D eigenvalue weighted by atomic mass is 10.1. The summed E-state index contributed by atoms with van der Waals surface area (Å²) in [5.41, 5.74) is 2.76. The largest absolute Gasteiger partial charge is 0.360 e. The van der Waals surface area contributed by atoms with Crippen molar-refractivity contribution in [1.82, 2.24) is 4.98 Å². The molecular weight excluding hydrogens is 252 g/mol. The Morgan fingerprint density at radius 2 is 2.00 bits per heavy atom. The normalized spacial score (nSPS) is 9.27. The second kappa shape index (κ2) is 4.99. The van der Waals surface area contributed by atoms with Gasteiger partial charge in [0.15, 0.2) is 0 Å². The maximum absolute atomic E-state index is 8.88. The zero-order chi connectivity index (χ0) is 11.4. The number of aromatic nitrogens is 1. The fourth-order valence-corrected chi connectivity index (χ4v) is 1.88.